The largest absolute Gasteiger partial charge is 0.369 e. The fourth-order valence-corrected chi connectivity index (χ4v) is 4.23. The van der Waals surface area contributed by atoms with Crippen molar-refractivity contribution in [3.05, 3.63) is 76.4 Å². The van der Waals surface area contributed by atoms with E-state index < -0.39 is 0 Å². The number of amides is 2. The molecule has 2 amide bonds. The van der Waals surface area contributed by atoms with Gasteiger partial charge in [-0.1, -0.05) is 30.0 Å². The number of aromatic nitrogens is 2. The highest BCUT2D eigenvalue weighted by Crippen LogP contribution is 2.18. The zero-order chi connectivity index (χ0) is 29.5. The summed E-state index contributed by atoms with van der Waals surface area (Å²) in [5.41, 5.74) is 1.19. The van der Waals surface area contributed by atoms with E-state index in [1.54, 1.807) is 42.8 Å². The summed E-state index contributed by atoms with van der Waals surface area (Å²) >= 11 is 1.70. The Kier molecular flexibility index (Phi) is 12.8. The van der Waals surface area contributed by atoms with Crippen molar-refractivity contribution in [3.63, 3.8) is 0 Å². The summed E-state index contributed by atoms with van der Waals surface area (Å²) in [6.07, 6.45) is 6.92. The first-order valence-electron chi connectivity index (χ1n) is 13.3. The van der Waals surface area contributed by atoms with Crippen molar-refractivity contribution in [2.24, 2.45) is 0 Å². The highest BCUT2D eigenvalue weighted by atomic mass is 32.1. The number of carbonyl (C=O) groups excluding carboxylic acids is 2. The summed E-state index contributed by atoms with van der Waals surface area (Å²) in [5.74, 6) is 6.37. The van der Waals surface area contributed by atoms with Gasteiger partial charge in [-0.15, -0.1) is 11.3 Å². The first kappa shape index (κ1) is 31.3. The Morgan fingerprint density at radius 3 is 2.76 bits per heavy atom. The van der Waals surface area contributed by atoms with Crippen molar-refractivity contribution in [1.29, 1.82) is 0 Å². The van der Waals surface area contributed by atoms with Gasteiger partial charge in [-0.25, -0.2) is 9.37 Å². The van der Waals surface area contributed by atoms with Crippen molar-refractivity contribution >= 4 is 40.6 Å². The van der Waals surface area contributed by atoms with Crippen LogP contribution in [0, 0.1) is 17.7 Å². The van der Waals surface area contributed by atoms with Gasteiger partial charge in [0, 0.05) is 49.7 Å². The van der Waals surface area contributed by atoms with Gasteiger partial charge in [0.25, 0.3) is 0 Å². The van der Waals surface area contributed by atoms with Crippen LogP contribution in [0.3, 0.4) is 0 Å². The third-order valence-electron chi connectivity index (χ3n) is 5.63. The van der Waals surface area contributed by atoms with Gasteiger partial charge in [-0.3, -0.25) is 9.59 Å². The molecule has 11 heteroatoms. The molecule has 0 unspecified atom stereocenters. The van der Waals surface area contributed by atoms with Crippen molar-refractivity contribution in [2.75, 3.05) is 58.0 Å². The van der Waals surface area contributed by atoms with Crippen LogP contribution in [0.5, 0.6) is 0 Å². The predicted octanol–water partition coefficient (Wildman–Crippen LogP) is 3.90. The minimum atomic E-state index is -0.351. The molecule has 41 heavy (non-hydrogen) atoms. The molecule has 216 valence electrons. The fourth-order valence-electron chi connectivity index (χ4n) is 3.53. The summed E-state index contributed by atoms with van der Waals surface area (Å²) in [7, 11) is 5.43. The number of unbranched alkanes of at least 4 members (excludes halogenated alkanes) is 1. The molecule has 3 rings (SSSR count). The highest BCUT2D eigenvalue weighted by Gasteiger charge is 2.10. The molecule has 0 fully saturated rings. The number of nitrogens with one attached hydrogen (secondary N) is 3. The first-order chi connectivity index (χ1) is 19.8. The molecule has 2 heterocycles. The van der Waals surface area contributed by atoms with Crippen molar-refractivity contribution in [1.82, 2.24) is 25.1 Å². The Hall–Kier alpha value is -4.27. The van der Waals surface area contributed by atoms with Crippen molar-refractivity contribution in [3.8, 4) is 11.8 Å². The number of nitrogens with zero attached hydrogens (tertiary/aromatic N) is 4. The molecule has 0 aliphatic heterocycles. The van der Waals surface area contributed by atoms with Crippen LogP contribution < -0.4 is 16.0 Å². The summed E-state index contributed by atoms with van der Waals surface area (Å²) in [6, 6.07) is 10.2. The van der Waals surface area contributed by atoms with Gasteiger partial charge >= 0.3 is 0 Å². The van der Waals surface area contributed by atoms with E-state index in [2.05, 4.69) is 43.8 Å². The maximum absolute atomic E-state index is 13.6. The predicted molar refractivity (Wildman–Crippen MR) is 163 cm³/mol. The van der Waals surface area contributed by atoms with Gasteiger partial charge in [-0.05, 0) is 56.6 Å². The SMILES string of the molecule is CN(C)C/C=C/C(=O)N(C)CC(=O)NCCCC#Cc1cnc(Nc2cccc(F)c2)nc1NCCc1cccs1. The van der Waals surface area contributed by atoms with Crippen LogP contribution in [-0.2, 0) is 16.0 Å². The van der Waals surface area contributed by atoms with E-state index in [1.165, 1.54) is 28.0 Å². The van der Waals surface area contributed by atoms with Gasteiger partial charge in [0.15, 0.2) is 0 Å². The van der Waals surface area contributed by atoms with E-state index in [9.17, 15) is 14.0 Å². The molecule has 0 bridgehead atoms. The number of halogens is 1. The average Bonchev–Trinajstić information content (AvgIpc) is 3.45. The van der Waals surface area contributed by atoms with Gasteiger partial charge in [0.1, 0.15) is 11.6 Å². The summed E-state index contributed by atoms with van der Waals surface area (Å²) in [4.78, 5) is 37.8. The van der Waals surface area contributed by atoms with E-state index in [4.69, 9.17) is 0 Å². The Balaban J connectivity index is 1.51. The van der Waals surface area contributed by atoms with Crippen molar-refractivity contribution in [2.45, 2.75) is 19.3 Å². The molecule has 2 aromatic heterocycles. The third kappa shape index (κ3) is 11.8. The van der Waals surface area contributed by atoms with E-state index in [1.807, 2.05) is 30.4 Å². The minimum Gasteiger partial charge on any atom is -0.369 e. The molecule has 9 nitrogen and oxygen atoms in total. The number of rotatable bonds is 14. The molecule has 0 saturated heterocycles. The molecule has 3 aromatic rings. The second-order valence-electron chi connectivity index (χ2n) is 9.46. The number of carbonyl (C=O) groups is 2. The zero-order valence-corrected chi connectivity index (χ0v) is 24.4. The van der Waals surface area contributed by atoms with Crippen LogP contribution in [0.15, 0.2) is 60.1 Å². The zero-order valence-electron chi connectivity index (χ0n) is 23.6. The maximum Gasteiger partial charge on any atom is 0.246 e. The van der Waals surface area contributed by atoms with E-state index >= 15 is 0 Å². The summed E-state index contributed by atoms with van der Waals surface area (Å²) < 4.78 is 13.6. The average molecular weight is 578 g/mol. The molecule has 0 radical (unpaired) electrons. The van der Waals surface area contributed by atoms with Gasteiger partial charge in [0.05, 0.1) is 18.3 Å². The number of anilines is 3. The molecule has 0 aliphatic rings. The lowest BCUT2D eigenvalue weighted by molar-refractivity contribution is -0.131. The van der Waals surface area contributed by atoms with Gasteiger partial charge in [-0.2, -0.15) is 4.98 Å². The highest BCUT2D eigenvalue weighted by molar-refractivity contribution is 7.09. The maximum atomic E-state index is 13.6. The van der Waals surface area contributed by atoms with E-state index in [0.29, 0.717) is 55.5 Å². The van der Waals surface area contributed by atoms with E-state index in [0.717, 1.165) is 6.42 Å². The summed E-state index contributed by atoms with van der Waals surface area (Å²) in [5, 5.41) is 11.2. The van der Waals surface area contributed by atoms with Gasteiger partial charge in [0.2, 0.25) is 17.8 Å². The third-order valence-corrected chi connectivity index (χ3v) is 6.56. The molecular weight excluding hydrogens is 541 g/mol. The number of thiophene rings is 1. The van der Waals surface area contributed by atoms with Crippen LogP contribution in [0.25, 0.3) is 0 Å². The lowest BCUT2D eigenvalue weighted by Crippen LogP contribution is -2.38. The minimum absolute atomic E-state index is 0.00926. The molecule has 0 atom stereocenters. The second-order valence-corrected chi connectivity index (χ2v) is 10.5. The quantitative estimate of drug-likeness (QED) is 0.152. The van der Waals surface area contributed by atoms with Crippen LogP contribution in [0.2, 0.25) is 0 Å². The Morgan fingerprint density at radius 2 is 2.00 bits per heavy atom. The van der Waals surface area contributed by atoms with Gasteiger partial charge < -0.3 is 25.8 Å². The molecule has 1 aromatic carbocycles. The molecule has 0 spiro atoms. The lowest BCUT2D eigenvalue weighted by Gasteiger charge is -2.14. The number of likely N-dealkylation sites (N-methyl/N-ethyl adjacent to an activating group) is 2. The Labute approximate surface area is 244 Å². The molecule has 0 aliphatic carbocycles. The van der Waals surface area contributed by atoms with E-state index in [-0.39, 0.29) is 24.2 Å². The first-order valence-corrected chi connectivity index (χ1v) is 14.2. The summed E-state index contributed by atoms with van der Waals surface area (Å²) in [6.45, 7) is 1.76. The Morgan fingerprint density at radius 1 is 1.15 bits per heavy atom. The number of benzene rings is 1. The Bertz CT molecular complexity index is 1370. The second kappa shape index (κ2) is 16.7. The lowest BCUT2D eigenvalue weighted by atomic mass is 10.2. The number of hydrogen-bond acceptors (Lipinski definition) is 8. The molecular formula is C30H36FN7O2S. The molecule has 3 N–H and O–H groups in total. The smallest absolute Gasteiger partial charge is 0.246 e. The molecule has 0 saturated carbocycles. The standard InChI is InChI=1S/C30H36FN7O2S/c1-37(2)18-8-14-28(40)38(3)22-27(39)32-16-6-4-5-10-23-21-34-30(35-25-12-7-11-24(31)20-25)36-29(23)33-17-15-26-13-9-19-41-26/h7-9,11-14,19-21H,4,6,15-18,22H2,1-3H3,(H,32,39)(H2,33,34,35,36)/b14-8+. The van der Waals surface area contributed by atoms with Crippen LogP contribution >= 0.6 is 11.3 Å². The number of hydrogen-bond donors (Lipinski definition) is 3. The monoisotopic (exact) mass is 577 g/mol. The fraction of sp³-hybridized carbons (Fsp3) is 0.333. The topological polar surface area (TPSA) is 102 Å². The van der Waals surface area contributed by atoms with Crippen LogP contribution in [-0.4, -0.2) is 78.9 Å². The van der Waals surface area contributed by atoms with Crippen LogP contribution in [0.4, 0.5) is 21.8 Å². The van der Waals surface area contributed by atoms with Crippen LogP contribution in [0.1, 0.15) is 23.3 Å². The van der Waals surface area contributed by atoms with Crippen molar-refractivity contribution < 1.29 is 14.0 Å². The normalized spacial score (nSPS) is 10.8.